The Kier molecular flexibility index (Phi) is 5.64. The van der Waals surface area contributed by atoms with E-state index in [9.17, 15) is 19.8 Å². The molecule has 1 atom stereocenters. The fraction of sp³-hybridized carbons (Fsp3) is 0.280. The summed E-state index contributed by atoms with van der Waals surface area (Å²) in [6, 6.07) is 6.39. The zero-order valence-electron chi connectivity index (χ0n) is 20.1. The molecule has 0 fully saturated rings. The van der Waals surface area contributed by atoms with Gasteiger partial charge in [0.25, 0.3) is 5.91 Å². The number of aromatic nitrogens is 2. The van der Waals surface area contributed by atoms with E-state index in [1.165, 1.54) is 39.4 Å². The van der Waals surface area contributed by atoms with Gasteiger partial charge in [-0.25, -0.2) is 4.79 Å². The Morgan fingerprint density at radius 1 is 0.944 bits per heavy atom. The molecule has 188 valence electrons. The van der Waals surface area contributed by atoms with Gasteiger partial charge in [-0.1, -0.05) is 0 Å². The summed E-state index contributed by atoms with van der Waals surface area (Å²) in [5.74, 6) is 0.0519. The van der Waals surface area contributed by atoms with Gasteiger partial charge in [0.2, 0.25) is 5.75 Å². The number of nitrogens with zero attached hydrogens (tertiary/aromatic N) is 1. The van der Waals surface area contributed by atoms with Crippen molar-refractivity contribution < 1.29 is 38.7 Å². The molecule has 0 unspecified atom stereocenters. The van der Waals surface area contributed by atoms with Crippen molar-refractivity contribution in [1.29, 1.82) is 0 Å². The SMILES string of the molecule is COC(=O)c1cc2c3c(cc(O)c2[nH]1)N(C(=O)c1cc2cc(OC)c(OC)c(OC)c2[nH]1)C[C@@H](O)C3. The van der Waals surface area contributed by atoms with E-state index in [-0.39, 0.29) is 30.1 Å². The Bertz CT molecular complexity index is 1520. The van der Waals surface area contributed by atoms with Gasteiger partial charge < -0.3 is 44.0 Å². The van der Waals surface area contributed by atoms with Crippen LogP contribution in [-0.4, -0.2) is 73.1 Å². The first-order chi connectivity index (χ1) is 17.3. The number of hydrogen-bond donors (Lipinski definition) is 4. The van der Waals surface area contributed by atoms with Crippen LogP contribution in [0.4, 0.5) is 5.69 Å². The number of phenols is 1. The lowest BCUT2D eigenvalue weighted by atomic mass is 9.95. The van der Waals surface area contributed by atoms with Gasteiger partial charge in [-0.05, 0) is 23.8 Å². The first-order valence-electron chi connectivity index (χ1n) is 11.1. The minimum Gasteiger partial charge on any atom is -0.506 e. The van der Waals surface area contributed by atoms with Crippen molar-refractivity contribution in [3.05, 3.63) is 41.2 Å². The number of benzene rings is 2. The summed E-state index contributed by atoms with van der Waals surface area (Å²) in [7, 11) is 5.75. The number of phenolic OH excluding ortho intramolecular Hbond substituents is 1. The van der Waals surface area contributed by atoms with Gasteiger partial charge in [-0.2, -0.15) is 0 Å². The fourth-order valence-corrected chi connectivity index (χ4v) is 4.80. The van der Waals surface area contributed by atoms with Crippen LogP contribution in [0.5, 0.6) is 23.0 Å². The Balaban J connectivity index is 1.64. The highest BCUT2D eigenvalue weighted by Crippen LogP contribution is 2.44. The van der Waals surface area contributed by atoms with E-state index in [0.717, 1.165) is 0 Å². The lowest BCUT2D eigenvalue weighted by Crippen LogP contribution is -2.42. The summed E-state index contributed by atoms with van der Waals surface area (Å²) in [5.41, 5.74) is 2.32. The number of aliphatic hydroxyl groups excluding tert-OH is 1. The molecule has 0 aliphatic carbocycles. The molecule has 4 aromatic rings. The van der Waals surface area contributed by atoms with Gasteiger partial charge >= 0.3 is 5.97 Å². The molecule has 5 rings (SSSR count). The van der Waals surface area contributed by atoms with Crippen LogP contribution in [-0.2, 0) is 11.2 Å². The predicted molar refractivity (Wildman–Crippen MR) is 131 cm³/mol. The molecule has 11 nitrogen and oxygen atoms in total. The number of aromatic hydroxyl groups is 1. The van der Waals surface area contributed by atoms with Gasteiger partial charge in [-0.15, -0.1) is 0 Å². The number of anilines is 1. The summed E-state index contributed by atoms with van der Waals surface area (Å²) < 4.78 is 21.1. The minimum absolute atomic E-state index is 0.0181. The number of ether oxygens (including phenoxy) is 4. The number of methoxy groups -OCH3 is 4. The van der Waals surface area contributed by atoms with Crippen LogP contribution < -0.4 is 19.1 Å². The summed E-state index contributed by atoms with van der Waals surface area (Å²) in [6.45, 7) is 0.0181. The average Bonchev–Trinajstić information content (AvgIpc) is 3.52. The third-order valence-corrected chi connectivity index (χ3v) is 6.41. The first-order valence-corrected chi connectivity index (χ1v) is 11.1. The molecule has 2 aromatic carbocycles. The number of esters is 1. The number of aromatic amines is 2. The van der Waals surface area contributed by atoms with Crippen molar-refractivity contribution in [2.45, 2.75) is 12.5 Å². The van der Waals surface area contributed by atoms with Crippen molar-refractivity contribution in [2.24, 2.45) is 0 Å². The molecular weight excluding hydrogens is 470 g/mol. The molecule has 0 radical (unpaired) electrons. The van der Waals surface area contributed by atoms with E-state index in [1.54, 1.807) is 18.2 Å². The number of H-pyrrole nitrogens is 2. The number of β-amino-alcohol motifs (C(OH)–C–C–N with tert-alkyl or cyclic N) is 1. The Labute approximate surface area is 205 Å². The highest BCUT2D eigenvalue weighted by molar-refractivity contribution is 6.11. The lowest BCUT2D eigenvalue weighted by molar-refractivity contribution is 0.0595. The number of hydrogen-bond acceptors (Lipinski definition) is 8. The Hall–Kier alpha value is -4.38. The Morgan fingerprint density at radius 3 is 2.33 bits per heavy atom. The summed E-state index contributed by atoms with van der Waals surface area (Å²) in [5, 5.41) is 22.5. The number of carbonyl (C=O) groups excluding carboxylic acids is 2. The van der Waals surface area contributed by atoms with Crippen molar-refractivity contribution >= 4 is 39.4 Å². The Morgan fingerprint density at radius 2 is 1.67 bits per heavy atom. The minimum atomic E-state index is -0.857. The molecule has 1 amide bonds. The molecule has 0 spiro atoms. The smallest absolute Gasteiger partial charge is 0.354 e. The molecule has 2 aromatic heterocycles. The summed E-state index contributed by atoms with van der Waals surface area (Å²) in [4.78, 5) is 33.1. The topological polar surface area (TPSA) is 146 Å². The summed E-state index contributed by atoms with van der Waals surface area (Å²) in [6.07, 6.45) is -0.617. The maximum Gasteiger partial charge on any atom is 0.354 e. The molecule has 1 aliphatic rings. The van der Waals surface area contributed by atoms with Crippen molar-refractivity contribution in [2.75, 3.05) is 39.9 Å². The number of carbonyl (C=O) groups is 2. The van der Waals surface area contributed by atoms with Crippen LogP contribution in [0.15, 0.2) is 24.3 Å². The normalized spacial score (nSPS) is 15.1. The maximum absolute atomic E-state index is 13.7. The zero-order valence-corrected chi connectivity index (χ0v) is 20.1. The molecule has 0 saturated carbocycles. The number of fused-ring (bicyclic) bond motifs is 4. The number of amides is 1. The number of nitrogens with one attached hydrogen (secondary N) is 2. The zero-order chi connectivity index (χ0) is 25.7. The van der Waals surface area contributed by atoms with Crippen molar-refractivity contribution in [3.8, 4) is 23.0 Å². The van der Waals surface area contributed by atoms with Crippen LogP contribution in [0.2, 0.25) is 0 Å². The molecule has 11 heteroatoms. The standard InChI is InChI=1S/C25H25N3O8/c1-33-19-6-11-5-15(26-20(11)23(35-3)22(19)34-2)24(31)28-10-12(29)7-13-14-8-16(25(32)36-4)27-21(14)18(30)9-17(13)28/h5-6,8-9,12,26-27,29-30H,7,10H2,1-4H3/t12-/m0/s1. The van der Waals surface area contributed by atoms with Crippen LogP contribution in [0.3, 0.4) is 0 Å². The monoisotopic (exact) mass is 495 g/mol. The molecule has 4 N–H and O–H groups in total. The lowest BCUT2D eigenvalue weighted by Gasteiger charge is -2.32. The average molecular weight is 495 g/mol. The van der Waals surface area contributed by atoms with Crippen LogP contribution >= 0.6 is 0 Å². The quantitative estimate of drug-likeness (QED) is 0.309. The predicted octanol–water partition coefficient (Wildman–Crippen LogP) is 2.73. The second kappa shape index (κ2) is 8.68. The third-order valence-electron chi connectivity index (χ3n) is 6.41. The summed E-state index contributed by atoms with van der Waals surface area (Å²) >= 11 is 0. The highest BCUT2D eigenvalue weighted by atomic mass is 16.5. The van der Waals surface area contributed by atoms with Gasteiger partial charge in [0.1, 0.15) is 17.1 Å². The van der Waals surface area contributed by atoms with Gasteiger partial charge in [0.15, 0.2) is 11.5 Å². The van der Waals surface area contributed by atoms with E-state index >= 15 is 0 Å². The fourth-order valence-electron chi connectivity index (χ4n) is 4.80. The van der Waals surface area contributed by atoms with Gasteiger partial charge in [0, 0.05) is 23.3 Å². The molecule has 3 heterocycles. The van der Waals surface area contributed by atoms with Crippen LogP contribution in [0.25, 0.3) is 21.8 Å². The maximum atomic E-state index is 13.7. The molecule has 1 aliphatic heterocycles. The van der Waals surface area contributed by atoms with Crippen LogP contribution in [0, 0.1) is 0 Å². The van der Waals surface area contributed by atoms with Crippen LogP contribution in [0.1, 0.15) is 26.5 Å². The number of rotatable bonds is 5. The first kappa shape index (κ1) is 23.4. The molecular formula is C25H25N3O8. The van der Waals surface area contributed by atoms with E-state index in [2.05, 4.69) is 9.97 Å². The molecule has 0 saturated heterocycles. The highest BCUT2D eigenvalue weighted by Gasteiger charge is 2.32. The van der Waals surface area contributed by atoms with E-state index < -0.39 is 18.0 Å². The largest absolute Gasteiger partial charge is 0.506 e. The third kappa shape index (κ3) is 3.47. The van der Waals surface area contributed by atoms with E-state index in [4.69, 9.17) is 18.9 Å². The second-order valence-corrected chi connectivity index (χ2v) is 8.42. The second-order valence-electron chi connectivity index (χ2n) is 8.42. The van der Waals surface area contributed by atoms with Crippen molar-refractivity contribution in [1.82, 2.24) is 9.97 Å². The van der Waals surface area contributed by atoms with Gasteiger partial charge in [-0.3, -0.25) is 4.79 Å². The van der Waals surface area contributed by atoms with E-state index in [0.29, 0.717) is 50.3 Å². The molecule has 0 bridgehead atoms. The molecule has 36 heavy (non-hydrogen) atoms. The van der Waals surface area contributed by atoms with E-state index in [1.807, 2.05) is 0 Å². The number of aliphatic hydroxyl groups is 1. The van der Waals surface area contributed by atoms with Crippen molar-refractivity contribution in [3.63, 3.8) is 0 Å². The van der Waals surface area contributed by atoms with Gasteiger partial charge in [0.05, 0.1) is 57.8 Å².